The third kappa shape index (κ3) is 6.51. The quantitative estimate of drug-likeness (QED) is 0.409. The van der Waals surface area contributed by atoms with E-state index in [2.05, 4.69) is 45.9 Å². The maximum Gasteiger partial charge on any atom is 0.118 e. The van der Waals surface area contributed by atoms with Gasteiger partial charge in [-0.15, -0.1) is 0 Å². The largest absolute Gasteiger partial charge is 0.497 e. The van der Waals surface area contributed by atoms with Gasteiger partial charge in [-0.1, -0.05) is 51.5 Å². The van der Waals surface area contributed by atoms with Gasteiger partial charge < -0.3 is 9.47 Å². The molecule has 2 heteroatoms. The van der Waals surface area contributed by atoms with Crippen molar-refractivity contribution in [3.63, 3.8) is 0 Å². The van der Waals surface area contributed by atoms with Crippen LogP contribution in [0.2, 0.25) is 0 Å². The van der Waals surface area contributed by atoms with Crippen LogP contribution in [0.4, 0.5) is 0 Å². The highest BCUT2D eigenvalue weighted by Gasteiger charge is 2.25. The normalized spacial score (nSPS) is 23.8. The van der Waals surface area contributed by atoms with Crippen molar-refractivity contribution >= 4 is 0 Å². The number of hydrogen-bond donors (Lipinski definition) is 0. The molecule has 0 bridgehead atoms. The fourth-order valence-corrected chi connectivity index (χ4v) is 3.89. The van der Waals surface area contributed by atoms with Crippen molar-refractivity contribution in [1.29, 1.82) is 0 Å². The summed E-state index contributed by atoms with van der Waals surface area (Å²) in [6, 6.07) is 8.12. The number of benzene rings is 1. The van der Waals surface area contributed by atoms with Gasteiger partial charge >= 0.3 is 0 Å². The van der Waals surface area contributed by atoms with Gasteiger partial charge in [0.05, 0.1) is 13.7 Å². The van der Waals surface area contributed by atoms with E-state index in [4.69, 9.17) is 9.47 Å². The van der Waals surface area contributed by atoms with Gasteiger partial charge in [-0.05, 0) is 67.1 Å². The van der Waals surface area contributed by atoms with Crippen molar-refractivity contribution in [2.45, 2.75) is 60.0 Å². The summed E-state index contributed by atoms with van der Waals surface area (Å²) in [6.45, 7) is 11.0. The molecule has 1 aromatic carbocycles. The fourth-order valence-electron chi connectivity index (χ4n) is 3.89. The third-order valence-electron chi connectivity index (χ3n) is 5.48. The molecule has 0 N–H and O–H groups in total. The van der Waals surface area contributed by atoms with Crippen LogP contribution in [0.1, 0.15) is 58.9 Å². The Kier molecular flexibility index (Phi) is 8.02. The van der Waals surface area contributed by atoms with Crippen molar-refractivity contribution < 1.29 is 9.47 Å². The minimum Gasteiger partial charge on any atom is -0.497 e. The minimum atomic E-state index is 0.595. The number of allylic oxidation sites excluding steroid dienone is 2. The molecule has 25 heavy (non-hydrogen) atoms. The zero-order chi connectivity index (χ0) is 18.2. The van der Waals surface area contributed by atoms with E-state index in [0.717, 1.165) is 36.5 Å². The van der Waals surface area contributed by atoms with Crippen molar-refractivity contribution in [2.24, 2.45) is 23.7 Å². The molecule has 0 heterocycles. The molecule has 0 spiro atoms. The van der Waals surface area contributed by atoms with Crippen molar-refractivity contribution in [3.05, 3.63) is 41.5 Å². The topological polar surface area (TPSA) is 18.5 Å². The lowest BCUT2D eigenvalue weighted by atomic mass is 9.73. The highest BCUT2D eigenvalue weighted by Crippen LogP contribution is 2.38. The van der Waals surface area contributed by atoms with E-state index in [-0.39, 0.29) is 0 Å². The van der Waals surface area contributed by atoms with Crippen LogP contribution >= 0.6 is 0 Å². The molecule has 0 aromatic heterocycles. The molecule has 1 aromatic rings. The monoisotopic (exact) mass is 344 g/mol. The lowest BCUT2D eigenvalue weighted by Crippen LogP contribution is -2.21. The molecule has 140 valence electrons. The van der Waals surface area contributed by atoms with Gasteiger partial charge in [0.1, 0.15) is 5.75 Å². The lowest BCUT2D eigenvalue weighted by molar-refractivity contribution is 0.112. The Morgan fingerprint density at radius 1 is 1.12 bits per heavy atom. The number of rotatable bonds is 8. The molecule has 0 saturated heterocycles. The Balaban J connectivity index is 1.77. The van der Waals surface area contributed by atoms with Crippen LogP contribution < -0.4 is 4.74 Å². The minimum absolute atomic E-state index is 0.595. The predicted molar refractivity (Wildman–Crippen MR) is 106 cm³/mol. The Labute approximate surface area is 154 Å². The van der Waals surface area contributed by atoms with Gasteiger partial charge in [-0.25, -0.2) is 0 Å². The zero-order valence-corrected chi connectivity index (χ0v) is 16.8. The molecular formula is C23H36O2. The van der Waals surface area contributed by atoms with Gasteiger partial charge in [-0.2, -0.15) is 0 Å². The van der Waals surface area contributed by atoms with Gasteiger partial charge in [0.2, 0.25) is 0 Å². The summed E-state index contributed by atoms with van der Waals surface area (Å²) >= 11 is 0. The first-order valence-electron chi connectivity index (χ1n) is 9.90. The van der Waals surface area contributed by atoms with Gasteiger partial charge in [0, 0.05) is 6.61 Å². The van der Waals surface area contributed by atoms with E-state index < -0.39 is 0 Å². The fraction of sp³-hybridized carbons (Fsp3) is 0.652. The standard InChI is InChI=1S/C23H36O2/c1-17(2)23-11-6-18(3)14-21(23)15-19(4)12-13-25-16-20-7-9-22(24-5)10-8-20/h7-10,15,17-19,23H,6,11-14,16H2,1-5H3/b21-15+/t18-,19+,23+/m0/s1. The van der Waals surface area contributed by atoms with Crippen molar-refractivity contribution in [3.8, 4) is 5.75 Å². The molecular weight excluding hydrogens is 308 g/mol. The average molecular weight is 345 g/mol. The summed E-state index contributed by atoms with van der Waals surface area (Å²) in [4.78, 5) is 0. The van der Waals surface area contributed by atoms with E-state index in [9.17, 15) is 0 Å². The molecule has 3 atom stereocenters. The summed E-state index contributed by atoms with van der Waals surface area (Å²) in [6.07, 6.45) is 7.70. The van der Waals surface area contributed by atoms with Gasteiger partial charge in [0.15, 0.2) is 0 Å². The molecule has 0 unspecified atom stereocenters. The summed E-state index contributed by atoms with van der Waals surface area (Å²) in [5, 5.41) is 0. The number of ether oxygens (including phenoxy) is 2. The molecule has 2 rings (SSSR count). The van der Waals surface area contributed by atoms with E-state index in [1.807, 2.05) is 12.1 Å². The van der Waals surface area contributed by atoms with Gasteiger partial charge in [0.25, 0.3) is 0 Å². The number of hydrogen-bond acceptors (Lipinski definition) is 2. The maximum atomic E-state index is 5.88. The third-order valence-corrected chi connectivity index (χ3v) is 5.48. The molecule has 1 saturated carbocycles. The van der Waals surface area contributed by atoms with Crippen LogP contribution in [0.25, 0.3) is 0 Å². The van der Waals surface area contributed by atoms with Gasteiger partial charge in [-0.3, -0.25) is 0 Å². The molecule has 0 aliphatic heterocycles. The lowest BCUT2D eigenvalue weighted by Gasteiger charge is -2.33. The molecule has 0 amide bonds. The van der Waals surface area contributed by atoms with Crippen molar-refractivity contribution in [2.75, 3.05) is 13.7 Å². The van der Waals surface area contributed by atoms with Crippen LogP contribution in [0.15, 0.2) is 35.9 Å². The summed E-state index contributed by atoms with van der Waals surface area (Å²) in [5.41, 5.74) is 2.91. The first-order chi connectivity index (χ1) is 12.0. The molecule has 2 nitrogen and oxygen atoms in total. The average Bonchev–Trinajstić information content (AvgIpc) is 2.59. The van der Waals surface area contributed by atoms with Crippen LogP contribution in [0, 0.1) is 23.7 Å². The van der Waals surface area contributed by atoms with Crippen LogP contribution in [0.5, 0.6) is 5.75 Å². The molecule has 1 aliphatic carbocycles. The predicted octanol–water partition coefficient (Wildman–Crippen LogP) is 6.26. The molecule has 1 fully saturated rings. The SMILES string of the molecule is COc1ccc(COCC[C@@H](C)/C=C2\C[C@@H](C)CC[C@@H]2C(C)C)cc1. The summed E-state index contributed by atoms with van der Waals surface area (Å²) in [5.74, 6) is 3.89. The summed E-state index contributed by atoms with van der Waals surface area (Å²) in [7, 11) is 1.69. The zero-order valence-electron chi connectivity index (χ0n) is 16.8. The second-order valence-corrected chi connectivity index (χ2v) is 8.15. The first kappa shape index (κ1) is 20.0. The van der Waals surface area contributed by atoms with Crippen LogP contribution in [0.3, 0.4) is 0 Å². The van der Waals surface area contributed by atoms with Crippen LogP contribution in [-0.2, 0) is 11.3 Å². The Morgan fingerprint density at radius 3 is 2.48 bits per heavy atom. The smallest absolute Gasteiger partial charge is 0.118 e. The van der Waals surface area contributed by atoms with Crippen molar-refractivity contribution in [1.82, 2.24) is 0 Å². The van der Waals surface area contributed by atoms with Crippen LogP contribution in [-0.4, -0.2) is 13.7 Å². The molecule has 0 radical (unpaired) electrons. The first-order valence-corrected chi connectivity index (χ1v) is 9.90. The Hall–Kier alpha value is -1.28. The van der Waals surface area contributed by atoms with E-state index in [0.29, 0.717) is 12.5 Å². The molecule has 1 aliphatic rings. The number of methoxy groups -OCH3 is 1. The van der Waals surface area contributed by atoms with E-state index in [1.165, 1.54) is 24.8 Å². The second-order valence-electron chi connectivity index (χ2n) is 8.15. The Bertz CT molecular complexity index is 530. The highest BCUT2D eigenvalue weighted by molar-refractivity contribution is 5.26. The van der Waals surface area contributed by atoms with E-state index in [1.54, 1.807) is 12.7 Å². The Morgan fingerprint density at radius 2 is 1.84 bits per heavy atom. The second kappa shape index (κ2) is 10.0. The summed E-state index contributed by atoms with van der Waals surface area (Å²) < 4.78 is 11.1. The van der Waals surface area contributed by atoms with E-state index >= 15 is 0 Å². The maximum absolute atomic E-state index is 5.88. The highest BCUT2D eigenvalue weighted by atomic mass is 16.5.